The van der Waals surface area contributed by atoms with E-state index in [1.54, 1.807) is 18.2 Å². The topological polar surface area (TPSA) is 45.5 Å². The molecule has 0 radical (unpaired) electrons. The van der Waals surface area contributed by atoms with E-state index in [2.05, 4.69) is 10.8 Å². The second-order valence-corrected chi connectivity index (χ2v) is 6.04. The molecule has 1 aliphatic rings. The minimum absolute atomic E-state index is 0.00950. The van der Waals surface area contributed by atoms with E-state index in [4.69, 9.17) is 10.00 Å². The van der Waals surface area contributed by atoms with Crippen molar-refractivity contribution in [2.24, 2.45) is 0 Å². The van der Waals surface area contributed by atoms with Crippen molar-refractivity contribution >= 4 is 11.4 Å². The van der Waals surface area contributed by atoms with Crippen LogP contribution in [-0.4, -0.2) is 25.6 Å². The number of ether oxygens (including phenoxy) is 2. The zero-order chi connectivity index (χ0) is 18.7. The molecule has 1 heterocycles. The standard InChI is InChI=1S/C19H17F3N2O2/c1-13-9-15-10-14(12-23)5-6-18(15)24(7-8-25-13)16-3-2-4-17(11-16)26-19(20,21)22/h2-6,10-11,13H,7-9H2,1H3. The Morgan fingerprint density at radius 3 is 2.77 bits per heavy atom. The molecule has 0 saturated carbocycles. The van der Waals surface area contributed by atoms with Crippen LogP contribution in [-0.2, 0) is 11.2 Å². The Kier molecular flexibility index (Phi) is 5.05. The zero-order valence-electron chi connectivity index (χ0n) is 14.1. The Morgan fingerprint density at radius 1 is 1.23 bits per heavy atom. The van der Waals surface area contributed by atoms with Gasteiger partial charge in [0.15, 0.2) is 0 Å². The van der Waals surface area contributed by atoms with Gasteiger partial charge in [-0.3, -0.25) is 0 Å². The highest BCUT2D eigenvalue weighted by molar-refractivity contribution is 5.69. The number of anilines is 2. The predicted molar refractivity (Wildman–Crippen MR) is 90.4 cm³/mol. The van der Waals surface area contributed by atoms with Crippen molar-refractivity contribution in [3.63, 3.8) is 0 Å². The van der Waals surface area contributed by atoms with Gasteiger partial charge in [-0.05, 0) is 42.8 Å². The van der Waals surface area contributed by atoms with Crippen LogP contribution in [0.2, 0.25) is 0 Å². The van der Waals surface area contributed by atoms with Gasteiger partial charge in [-0.15, -0.1) is 13.2 Å². The Morgan fingerprint density at radius 2 is 2.04 bits per heavy atom. The van der Waals surface area contributed by atoms with Gasteiger partial charge in [-0.25, -0.2) is 0 Å². The lowest BCUT2D eigenvalue weighted by Crippen LogP contribution is -2.29. The van der Waals surface area contributed by atoms with Gasteiger partial charge in [-0.2, -0.15) is 5.26 Å². The maximum absolute atomic E-state index is 12.5. The highest BCUT2D eigenvalue weighted by Crippen LogP contribution is 2.34. The lowest BCUT2D eigenvalue weighted by atomic mass is 10.0. The van der Waals surface area contributed by atoms with Crippen molar-refractivity contribution in [3.05, 3.63) is 53.6 Å². The van der Waals surface area contributed by atoms with Crippen LogP contribution in [0.4, 0.5) is 24.5 Å². The van der Waals surface area contributed by atoms with E-state index in [0.717, 1.165) is 11.3 Å². The first-order chi connectivity index (χ1) is 12.4. The van der Waals surface area contributed by atoms with Crippen LogP contribution in [0, 0.1) is 11.3 Å². The van der Waals surface area contributed by atoms with E-state index in [1.807, 2.05) is 17.9 Å². The summed E-state index contributed by atoms with van der Waals surface area (Å²) in [7, 11) is 0. The Hall–Kier alpha value is -2.72. The molecule has 3 rings (SSSR count). The number of fused-ring (bicyclic) bond motifs is 1. The van der Waals surface area contributed by atoms with Crippen LogP contribution in [0.1, 0.15) is 18.1 Å². The summed E-state index contributed by atoms with van der Waals surface area (Å²) in [6, 6.07) is 13.3. The molecule has 1 atom stereocenters. The van der Waals surface area contributed by atoms with Crippen LogP contribution in [0.25, 0.3) is 0 Å². The van der Waals surface area contributed by atoms with E-state index in [9.17, 15) is 13.2 Å². The maximum atomic E-state index is 12.5. The second-order valence-electron chi connectivity index (χ2n) is 6.04. The molecule has 1 aliphatic heterocycles. The van der Waals surface area contributed by atoms with Crippen LogP contribution in [0.5, 0.6) is 5.75 Å². The summed E-state index contributed by atoms with van der Waals surface area (Å²) in [5.41, 5.74) is 2.86. The van der Waals surface area contributed by atoms with Gasteiger partial charge in [-0.1, -0.05) is 6.07 Å². The Bertz CT molecular complexity index is 830. The van der Waals surface area contributed by atoms with Crippen LogP contribution in [0.15, 0.2) is 42.5 Å². The Balaban J connectivity index is 2.01. The fourth-order valence-electron chi connectivity index (χ4n) is 3.03. The van der Waals surface area contributed by atoms with Gasteiger partial charge in [0.1, 0.15) is 5.75 Å². The third-order valence-electron chi connectivity index (χ3n) is 4.09. The molecule has 0 bridgehead atoms. The average molecular weight is 362 g/mol. The van der Waals surface area contributed by atoms with Gasteiger partial charge < -0.3 is 14.4 Å². The number of hydrogen-bond donors (Lipinski definition) is 0. The van der Waals surface area contributed by atoms with Gasteiger partial charge in [0.05, 0.1) is 24.3 Å². The summed E-state index contributed by atoms with van der Waals surface area (Å²) < 4.78 is 47.3. The first-order valence-electron chi connectivity index (χ1n) is 8.14. The molecule has 4 nitrogen and oxygen atoms in total. The molecule has 0 aromatic heterocycles. The molecule has 0 amide bonds. The molecule has 26 heavy (non-hydrogen) atoms. The molecule has 1 unspecified atom stereocenters. The first kappa shape index (κ1) is 18.1. The number of benzene rings is 2. The van der Waals surface area contributed by atoms with E-state index < -0.39 is 6.36 Å². The number of halogens is 3. The number of nitriles is 1. The fraction of sp³-hybridized carbons (Fsp3) is 0.316. The smallest absolute Gasteiger partial charge is 0.406 e. The fourth-order valence-corrected chi connectivity index (χ4v) is 3.03. The third kappa shape index (κ3) is 4.27. The van der Waals surface area contributed by atoms with Crippen molar-refractivity contribution in [3.8, 4) is 11.8 Å². The number of nitrogens with zero attached hydrogens (tertiary/aromatic N) is 2. The first-order valence-corrected chi connectivity index (χ1v) is 8.14. The van der Waals surface area contributed by atoms with Gasteiger partial charge in [0.2, 0.25) is 0 Å². The van der Waals surface area contributed by atoms with E-state index in [1.165, 1.54) is 18.2 Å². The molecular weight excluding hydrogens is 345 g/mol. The van der Waals surface area contributed by atoms with Crippen molar-refractivity contribution in [1.82, 2.24) is 0 Å². The van der Waals surface area contributed by atoms with Crippen LogP contribution >= 0.6 is 0 Å². The molecule has 7 heteroatoms. The summed E-state index contributed by atoms with van der Waals surface area (Å²) in [4.78, 5) is 1.88. The lowest BCUT2D eigenvalue weighted by Gasteiger charge is -2.31. The summed E-state index contributed by atoms with van der Waals surface area (Å²) in [6.07, 6.45) is -4.14. The Labute approximate surface area is 149 Å². The van der Waals surface area contributed by atoms with Gasteiger partial charge in [0.25, 0.3) is 0 Å². The molecule has 136 valence electrons. The number of alkyl halides is 3. The highest BCUT2D eigenvalue weighted by atomic mass is 19.4. The molecular formula is C19H17F3N2O2. The van der Waals surface area contributed by atoms with Crippen LogP contribution < -0.4 is 9.64 Å². The number of hydrogen-bond acceptors (Lipinski definition) is 4. The zero-order valence-corrected chi connectivity index (χ0v) is 14.1. The van der Waals surface area contributed by atoms with Crippen molar-refractivity contribution < 1.29 is 22.6 Å². The SMILES string of the molecule is CC1Cc2cc(C#N)ccc2N(c2cccc(OC(F)(F)F)c2)CCO1. The summed E-state index contributed by atoms with van der Waals surface area (Å²) in [5, 5.41) is 9.14. The lowest BCUT2D eigenvalue weighted by molar-refractivity contribution is -0.274. The van der Waals surface area contributed by atoms with E-state index in [-0.39, 0.29) is 11.9 Å². The summed E-state index contributed by atoms with van der Waals surface area (Å²) >= 11 is 0. The molecule has 2 aromatic carbocycles. The highest BCUT2D eigenvalue weighted by Gasteiger charge is 2.31. The molecule has 0 N–H and O–H groups in total. The average Bonchev–Trinajstić information content (AvgIpc) is 2.56. The minimum atomic E-state index is -4.74. The van der Waals surface area contributed by atoms with E-state index >= 15 is 0 Å². The van der Waals surface area contributed by atoms with Gasteiger partial charge in [0, 0.05) is 30.4 Å². The van der Waals surface area contributed by atoms with Gasteiger partial charge >= 0.3 is 6.36 Å². The third-order valence-corrected chi connectivity index (χ3v) is 4.09. The monoisotopic (exact) mass is 362 g/mol. The quantitative estimate of drug-likeness (QED) is 0.786. The van der Waals surface area contributed by atoms with Crippen molar-refractivity contribution in [2.75, 3.05) is 18.1 Å². The molecule has 0 aliphatic carbocycles. The normalized spacial score (nSPS) is 17.7. The largest absolute Gasteiger partial charge is 0.573 e. The minimum Gasteiger partial charge on any atom is -0.406 e. The molecule has 0 fully saturated rings. The second kappa shape index (κ2) is 7.26. The number of rotatable bonds is 2. The molecule has 0 saturated heterocycles. The maximum Gasteiger partial charge on any atom is 0.573 e. The van der Waals surface area contributed by atoms with Crippen LogP contribution in [0.3, 0.4) is 0 Å². The van der Waals surface area contributed by atoms with Crippen molar-refractivity contribution in [1.29, 1.82) is 5.26 Å². The predicted octanol–water partition coefficient (Wildman–Crippen LogP) is 4.56. The molecule has 2 aromatic rings. The summed E-state index contributed by atoms with van der Waals surface area (Å²) in [6.45, 7) is 2.86. The molecule has 0 spiro atoms. The summed E-state index contributed by atoms with van der Waals surface area (Å²) in [5.74, 6) is -0.276. The van der Waals surface area contributed by atoms with Crippen molar-refractivity contribution in [2.45, 2.75) is 25.8 Å². The van der Waals surface area contributed by atoms with E-state index in [0.29, 0.717) is 30.8 Å².